The van der Waals surface area contributed by atoms with Crippen LogP contribution in [0.5, 0.6) is 23.1 Å². The summed E-state index contributed by atoms with van der Waals surface area (Å²) in [4.78, 5) is 14.7. The van der Waals surface area contributed by atoms with Crippen LogP contribution in [-0.2, 0) is 0 Å². The number of methoxy groups -OCH3 is 2. The second kappa shape index (κ2) is 5.92. The van der Waals surface area contributed by atoms with Gasteiger partial charge in [0.15, 0.2) is 5.69 Å². The number of rotatable bonds is 5. The third-order valence-corrected chi connectivity index (χ3v) is 2.49. The van der Waals surface area contributed by atoms with Crippen LogP contribution in [0.3, 0.4) is 0 Å². The average molecular weight is 275 g/mol. The first-order valence-corrected chi connectivity index (χ1v) is 5.73. The fraction of sp³-hybridized carbons (Fsp3) is 0.143. The van der Waals surface area contributed by atoms with E-state index in [1.165, 1.54) is 20.3 Å². The fourth-order valence-corrected chi connectivity index (χ4v) is 1.55. The first kappa shape index (κ1) is 13.7. The zero-order chi connectivity index (χ0) is 14.5. The van der Waals surface area contributed by atoms with Crippen molar-refractivity contribution in [3.05, 3.63) is 42.1 Å². The molecule has 0 amide bonds. The fourth-order valence-electron chi connectivity index (χ4n) is 1.55. The summed E-state index contributed by atoms with van der Waals surface area (Å²) in [5, 5.41) is 8.88. The van der Waals surface area contributed by atoms with E-state index in [0.717, 1.165) is 0 Å². The lowest BCUT2D eigenvalue weighted by Crippen LogP contribution is -2.00. The number of hydrogen-bond donors (Lipinski definition) is 1. The number of carbonyl (C=O) groups is 1. The molecular weight excluding hydrogens is 262 g/mol. The van der Waals surface area contributed by atoms with Gasteiger partial charge < -0.3 is 19.3 Å². The van der Waals surface area contributed by atoms with Crippen LogP contribution in [0, 0.1) is 0 Å². The predicted octanol–water partition coefficient (Wildman–Crippen LogP) is 2.59. The number of aromatic nitrogens is 1. The normalized spacial score (nSPS) is 9.90. The van der Waals surface area contributed by atoms with Gasteiger partial charge in [-0.3, -0.25) is 0 Å². The van der Waals surface area contributed by atoms with E-state index in [9.17, 15) is 4.79 Å². The molecule has 0 spiro atoms. The summed E-state index contributed by atoms with van der Waals surface area (Å²) in [6.07, 6.45) is 0. The maximum Gasteiger partial charge on any atom is 0.354 e. The minimum Gasteiger partial charge on any atom is -0.496 e. The Hall–Kier alpha value is -2.76. The summed E-state index contributed by atoms with van der Waals surface area (Å²) in [5.41, 5.74) is -0.0858. The van der Waals surface area contributed by atoms with E-state index in [2.05, 4.69) is 4.98 Å². The molecule has 6 heteroatoms. The number of aromatic carboxylic acids is 1. The molecule has 0 unspecified atom stereocenters. The smallest absolute Gasteiger partial charge is 0.354 e. The van der Waals surface area contributed by atoms with Gasteiger partial charge in [0.2, 0.25) is 5.88 Å². The molecule has 0 saturated carbocycles. The Bertz CT molecular complexity index is 604. The summed E-state index contributed by atoms with van der Waals surface area (Å²) >= 11 is 0. The van der Waals surface area contributed by atoms with Crippen LogP contribution in [0.2, 0.25) is 0 Å². The average Bonchev–Trinajstić information content (AvgIpc) is 2.47. The Balaban J connectivity index is 2.29. The number of benzene rings is 1. The molecule has 0 fully saturated rings. The second-order valence-electron chi connectivity index (χ2n) is 3.82. The van der Waals surface area contributed by atoms with E-state index in [-0.39, 0.29) is 11.6 Å². The van der Waals surface area contributed by atoms with Gasteiger partial charge in [0.05, 0.1) is 14.2 Å². The lowest BCUT2D eigenvalue weighted by atomic mass is 10.3. The highest BCUT2D eigenvalue weighted by molar-refractivity contribution is 5.85. The minimum absolute atomic E-state index is 0.0858. The molecule has 1 aromatic heterocycles. The maximum atomic E-state index is 10.8. The van der Waals surface area contributed by atoms with Gasteiger partial charge in [0.1, 0.15) is 17.2 Å². The number of ether oxygens (including phenoxy) is 3. The van der Waals surface area contributed by atoms with Crippen molar-refractivity contribution in [2.45, 2.75) is 0 Å². The number of carboxylic acids is 1. The predicted molar refractivity (Wildman–Crippen MR) is 70.8 cm³/mol. The summed E-state index contributed by atoms with van der Waals surface area (Å²) in [7, 11) is 3.06. The first-order valence-electron chi connectivity index (χ1n) is 5.73. The highest BCUT2D eigenvalue weighted by Crippen LogP contribution is 2.30. The monoisotopic (exact) mass is 275 g/mol. The third-order valence-electron chi connectivity index (χ3n) is 2.49. The highest BCUT2D eigenvalue weighted by Gasteiger charge is 2.08. The molecule has 0 aliphatic rings. The zero-order valence-electron chi connectivity index (χ0n) is 11.0. The number of pyridine rings is 1. The Morgan fingerprint density at radius 1 is 1.05 bits per heavy atom. The van der Waals surface area contributed by atoms with Crippen molar-refractivity contribution in [1.29, 1.82) is 0 Å². The second-order valence-corrected chi connectivity index (χ2v) is 3.82. The molecule has 0 aliphatic carbocycles. The molecule has 104 valence electrons. The Labute approximate surface area is 115 Å². The molecule has 0 radical (unpaired) electrons. The van der Waals surface area contributed by atoms with Crippen molar-refractivity contribution in [3.8, 4) is 23.1 Å². The van der Waals surface area contributed by atoms with Crippen molar-refractivity contribution in [2.24, 2.45) is 0 Å². The van der Waals surface area contributed by atoms with E-state index in [1.54, 1.807) is 30.3 Å². The quantitative estimate of drug-likeness (QED) is 0.903. The lowest BCUT2D eigenvalue weighted by Gasteiger charge is -2.09. The van der Waals surface area contributed by atoms with Crippen molar-refractivity contribution in [2.75, 3.05) is 14.2 Å². The van der Waals surface area contributed by atoms with Crippen LogP contribution in [0.4, 0.5) is 0 Å². The Morgan fingerprint density at radius 3 is 2.20 bits per heavy atom. The van der Waals surface area contributed by atoms with Crippen LogP contribution < -0.4 is 14.2 Å². The van der Waals surface area contributed by atoms with E-state index in [4.69, 9.17) is 19.3 Å². The maximum absolute atomic E-state index is 10.8. The van der Waals surface area contributed by atoms with Crippen molar-refractivity contribution >= 4 is 5.97 Å². The van der Waals surface area contributed by atoms with Crippen molar-refractivity contribution in [1.82, 2.24) is 4.98 Å². The van der Waals surface area contributed by atoms with Crippen LogP contribution in [0.1, 0.15) is 10.5 Å². The highest BCUT2D eigenvalue weighted by atomic mass is 16.5. The van der Waals surface area contributed by atoms with Crippen LogP contribution >= 0.6 is 0 Å². The van der Waals surface area contributed by atoms with Crippen LogP contribution in [0.15, 0.2) is 36.4 Å². The van der Waals surface area contributed by atoms with Crippen LogP contribution in [-0.4, -0.2) is 30.3 Å². The minimum atomic E-state index is -1.11. The molecule has 6 nitrogen and oxygen atoms in total. The molecule has 1 aromatic carbocycles. The van der Waals surface area contributed by atoms with Crippen LogP contribution in [0.25, 0.3) is 0 Å². The van der Waals surface area contributed by atoms with Gasteiger partial charge in [-0.2, -0.15) is 0 Å². The molecule has 0 bridgehead atoms. The largest absolute Gasteiger partial charge is 0.496 e. The van der Waals surface area contributed by atoms with Gasteiger partial charge in [0, 0.05) is 24.3 Å². The molecule has 0 saturated heterocycles. The standard InChI is InChI=1S/C14H13NO5/c1-18-9-6-10(19-2)8-11(7-9)20-13-5-3-4-12(15-13)14(16)17/h3-8H,1-2H3,(H,16,17). The van der Waals surface area contributed by atoms with Gasteiger partial charge >= 0.3 is 5.97 Å². The van der Waals surface area contributed by atoms with Gasteiger partial charge in [-0.15, -0.1) is 0 Å². The molecule has 0 atom stereocenters. The summed E-state index contributed by atoms with van der Waals surface area (Å²) in [6, 6.07) is 9.52. The number of carboxylic acid groups (broad SMARTS) is 1. The lowest BCUT2D eigenvalue weighted by molar-refractivity contribution is 0.0689. The summed E-state index contributed by atoms with van der Waals surface area (Å²) < 4.78 is 15.8. The van der Waals surface area contributed by atoms with Gasteiger partial charge in [-0.25, -0.2) is 9.78 Å². The van der Waals surface area contributed by atoms with Crippen molar-refractivity contribution < 1.29 is 24.1 Å². The zero-order valence-corrected chi connectivity index (χ0v) is 11.0. The first-order chi connectivity index (χ1) is 9.62. The summed E-state index contributed by atoms with van der Waals surface area (Å²) in [5.74, 6) is 0.637. The van der Waals surface area contributed by atoms with Gasteiger partial charge in [-0.1, -0.05) is 6.07 Å². The van der Waals surface area contributed by atoms with E-state index in [1.807, 2.05) is 0 Å². The van der Waals surface area contributed by atoms with E-state index < -0.39 is 5.97 Å². The molecule has 1 heterocycles. The topological polar surface area (TPSA) is 77.9 Å². The van der Waals surface area contributed by atoms with E-state index in [0.29, 0.717) is 17.2 Å². The molecule has 0 aliphatic heterocycles. The SMILES string of the molecule is COc1cc(OC)cc(Oc2cccc(C(=O)O)n2)c1. The Kier molecular flexibility index (Phi) is 4.05. The molecule has 2 rings (SSSR count). The van der Waals surface area contributed by atoms with E-state index >= 15 is 0 Å². The Morgan fingerprint density at radius 2 is 1.65 bits per heavy atom. The number of hydrogen-bond acceptors (Lipinski definition) is 5. The van der Waals surface area contributed by atoms with Crippen molar-refractivity contribution in [3.63, 3.8) is 0 Å². The number of nitrogens with zero attached hydrogens (tertiary/aromatic N) is 1. The molecule has 2 aromatic rings. The van der Waals surface area contributed by atoms with Gasteiger partial charge in [0.25, 0.3) is 0 Å². The molecular formula is C14H13NO5. The van der Waals surface area contributed by atoms with Gasteiger partial charge in [-0.05, 0) is 6.07 Å². The molecule has 1 N–H and O–H groups in total. The third kappa shape index (κ3) is 3.17. The molecule has 20 heavy (non-hydrogen) atoms. The summed E-state index contributed by atoms with van der Waals surface area (Å²) in [6.45, 7) is 0.